The van der Waals surface area contributed by atoms with Crippen LogP contribution in [0.1, 0.15) is 55.2 Å². The van der Waals surface area contributed by atoms with Gasteiger partial charge < -0.3 is 20.1 Å². The Bertz CT molecular complexity index is 854. The molecule has 2 aromatic carbocycles. The lowest BCUT2D eigenvalue weighted by Crippen LogP contribution is -2.38. The van der Waals surface area contributed by atoms with E-state index in [-0.39, 0.29) is 29.8 Å². The first kappa shape index (κ1) is 22.3. The third kappa shape index (κ3) is 5.98. The second-order valence-electron chi connectivity index (χ2n) is 7.91. The number of amides is 2. The predicted molar refractivity (Wildman–Crippen MR) is 114 cm³/mol. The van der Waals surface area contributed by atoms with Crippen LogP contribution in [0, 0.1) is 0 Å². The highest BCUT2D eigenvalue weighted by Crippen LogP contribution is 2.29. The van der Waals surface area contributed by atoms with Gasteiger partial charge in [0.05, 0.1) is 26.8 Å². The van der Waals surface area contributed by atoms with Gasteiger partial charge in [-0.2, -0.15) is 0 Å². The molecule has 0 aliphatic carbocycles. The maximum atomic E-state index is 12.3. The molecule has 0 spiro atoms. The zero-order chi connectivity index (χ0) is 21.6. The number of hydrogen-bond acceptors (Lipinski definition) is 4. The minimum absolute atomic E-state index is 0.0200. The summed E-state index contributed by atoms with van der Waals surface area (Å²) < 4.78 is 10.6. The van der Waals surface area contributed by atoms with Crippen LogP contribution in [-0.4, -0.2) is 32.6 Å². The molecule has 2 rings (SSSR count). The summed E-state index contributed by atoms with van der Waals surface area (Å²) in [5, 5.41) is 5.53. The van der Waals surface area contributed by atoms with E-state index in [1.54, 1.807) is 38.5 Å². The molecule has 29 heavy (non-hydrogen) atoms. The highest BCUT2D eigenvalue weighted by atomic mass is 16.5. The monoisotopic (exact) mass is 398 g/mol. The van der Waals surface area contributed by atoms with Crippen LogP contribution in [0.2, 0.25) is 0 Å². The Morgan fingerprint density at radius 1 is 1.00 bits per heavy atom. The predicted octanol–water partition coefficient (Wildman–Crippen LogP) is 3.61. The van der Waals surface area contributed by atoms with Crippen LogP contribution < -0.4 is 20.1 Å². The highest BCUT2D eigenvalue weighted by molar-refractivity contribution is 5.96. The maximum absolute atomic E-state index is 12.3. The van der Waals surface area contributed by atoms with Crippen LogP contribution >= 0.6 is 0 Å². The second kappa shape index (κ2) is 9.45. The maximum Gasteiger partial charge on any atom is 0.251 e. The van der Waals surface area contributed by atoms with Crippen molar-refractivity contribution in [2.45, 2.75) is 39.2 Å². The van der Waals surface area contributed by atoms with Gasteiger partial charge in [-0.3, -0.25) is 9.59 Å². The number of benzene rings is 2. The van der Waals surface area contributed by atoms with E-state index < -0.39 is 0 Å². The molecule has 0 saturated carbocycles. The average molecular weight is 399 g/mol. The van der Waals surface area contributed by atoms with Crippen molar-refractivity contribution < 1.29 is 19.1 Å². The van der Waals surface area contributed by atoms with E-state index in [2.05, 4.69) is 31.4 Å². The number of methoxy groups -OCH3 is 2. The first-order chi connectivity index (χ1) is 13.7. The minimum Gasteiger partial charge on any atom is -0.497 e. The topological polar surface area (TPSA) is 76.7 Å². The molecule has 0 saturated heterocycles. The van der Waals surface area contributed by atoms with Crippen LogP contribution in [0.3, 0.4) is 0 Å². The van der Waals surface area contributed by atoms with Gasteiger partial charge in [-0.1, -0.05) is 32.9 Å². The molecule has 0 fully saturated rings. The SMILES string of the molecule is COc1ccc(OC)c(C(C)NC(=O)CNC(=O)c2ccc(C(C)(C)C)cc2)c1. The first-order valence-corrected chi connectivity index (χ1v) is 9.55. The molecular weight excluding hydrogens is 368 g/mol. The molecule has 1 atom stereocenters. The largest absolute Gasteiger partial charge is 0.497 e. The number of carbonyl (C=O) groups is 2. The molecule has 2 N–H and O–H groups in total. The molecule has 2 aromatic rings. The van der Waals surface area contributed by atoms with E-state index in [0.717, 1.165) is 11.1 Å². The van der Waals surface area contributed by atoms with Crippen LogP contribution in [0.5, 0.6) is 11.5 Å². The lowest BCUT2D eigenvalue weighted by atomic mass is 9.87. The van der Waals surface area contributed by atoms with E-state index in [0.29, 0.717) is 17.1 Å². The molecule has 0 heterocycles. The minimum atomic E-state index is -0.310. The molecule has 1 unspecified atom stereocenters. The van der Waals surface area contributed by atoms with Crippen molar-refractivity contribution in [1.29, 1.82) is 0 Å². The Morgan fingerprint density at radius 3 is 2.21 bits per heavy atom. The van der Waals surface area contributed by atoms with Crippen LogP contribution in [-0.2, 0) is 10.2 Å². The zero-order valence-electron chi connectivity index (χ0n) is 18.0. The molecule has 0 aromatic heterocycles. The van der Waals surface area contributed by atoms with Crippen molar-refractivity contribution in [2.24, 2.45) is 0 Å². The molecule has 0 aliphatic rings. The van der Waals surface area contributed by atoms with Crippen molar-refractivity contribution >= 4 is 11.8 Å². The number of nitrogens with one attached hydrogen (secondary N) is 2. The second-order valence-corrected chi connectivity index (χ2v) is 7.91. The van der Waals surface area contributed by atoms with Gasteiger partial charge in [0.25, 0.3) is 5.91 Å². The molecule has 0 aliphatic heterocycles. The van der Waals surface area contributed by atoms with Crippen molar-refractivity contribution in [3.05, 3.63) is 59.2 Å². The standard InChI is InChI=1S/C23H30N2O4/c1-15(19-13-18(28-5)11-12-20(19)29-6)25-21(26)14-24-22(27)16-7-9-17(10-8-16)23(2,3)4/h7-13,15H,14H2,1-6H3,(H,24,27)(H,25,26). The van der Waals surface area contributed by atoms with Gasteiger partial charge in [-0.05, 0) is 48.2 Å². The van der Waals surface area contributed by atoms with E-state index in [1.807, 2.05) is 25.1 Å². The number of carbonyl (C=O) groups excluding carboxylic acids is 2. The Balaban J connectivity index is 1.95. The fourth-order valence-corrected chi connectivity index (χ4v) is 2.93. The number of hydrogen-bond donors (Lipinski definition) is 2. The Morgan fingerprint density at radius 2 is 1.66 bits per heavy atom. The summed E-state index contributed by atoms with van der Waals surface area (Å²) in [6.45, 7) is 8.08. The highest BCUT2D eigenvalue weighted by Gasteiger charge is 2.17. The Hall–Kier alpha value is -3.02. The van der Waals surface area contributed by atoms with Crippen molar-refractivity contribution in [3.63, 3.8) is 0 Å². The Labute approximate surface area is 172 Å². The molecule has 0 radical (unpaired) electrons. The lowest BCUT2D eigenvalue weighted by Gasteiger charge is -2.19. The quantitative estimate of drug-likeness (QED) is 0.747. The van der Waals surface area contributed by atoms with Gasteiger partial charge in [0.2, 0.25) is 5.91 Å². The molecule has 2 amide bonds. The third-order valence-electron chi connectivity index (χ3n) is 4.70. The van der Waals surface area contributed by atoms with Gasteiger partial charge >= 0.3 is 0 Å². The summed E-state index contributed by atoms with van der Waals surface area (Å²) in [6, 6.07) is 12.5. The smallest absolute Gasteiger partial charge is 0.251 e. The molecular formula is C23H30N2O4. The summed E-state index contributed by atoms with van der Waals surface area (Å²) in [5.74, 6) is 0.754. The summed E-state index contributed by atoms with van der Waals surface area (Å²) in [5.41, 5.74) is 2.48. The van der Waals surface area contributed by atoms with Crippen molar-refractivity contribution in [2.75, 3.05) is 20.8 Å². The number of ether oxygens (including phenoxy) is 2. The van der Waals surface area contributed by atoms with Gasteiger partial charge in [-0.25, -0.2) is 0 Å². The average Bonchev–Trinajstić information content (AvgIpc) is 2.70. The fraction of sp³-hybridized carbons (Fsp3) is 0.391. The van der Waals surface area contributed by atoms with E-state index in [9.17, 15) is 9.59 Å². The summed E-state index contributed by atoms with van der Waals surface area (Å²) in [6.07, 6.45) is 0. The first-order valence-electron chi connectivity index (χ1n) is 9.55. The molecule has 6 nitrogen and oxygen atoms in total. The lowest BCUT2D eigenvalue weighted by molar-refractivity contribution is -0.120. The van der Waals surface area contributed by atoms with E-state index >= 15 is 0 Å². The molecule has 0 bridgehead atoms. The van der Waals surface area contributed by atoms with Gasteiger partial charge in [0, 0.05) is 11.1 Å². The van der Waals surface area contributed by atoms with Crippen molar-refractivity contribution in [3.8, 4) is 11.5 Å². The molecule has 156 valence electrons. The van der Waals surface area contributed by atoms with E-state index in [4.69, 9.17) is 9.47 Å². The third-order valence-corrected chi connectivity index (χ3v) is 4.70. The Kier molecular flexibility index (Phi) is 7.26. The summed E-state index contributed by atoms with van der Waals surface area (Å²) in [4.78, 5) is 24.6. The van der Waals surface area contributed by atoms with Crippen LogP contribution in [0.15, 0.2) is 42.5 Å². The fourth-order valence-electron chi connectivity index (χ4n) is 2.93. The summed E-state index contributed by atoms with van der Waals surface area (Å²) >= 11 is 0. The molecule has 6 heteroatoms. The van der Waals surface area contributed by atoms with E-state index in [1.165, 1.54) is 0 Å². The normalized spacial score (nSPS) is 12.1. The summed E-state index contributed by atoms with van der Waals surface area (Å²) in [7, 11) is 3.16. The van der Waals surface area contributed by atoms with Gasteiger partial charge in [0.15, 0.2) is 0 Å². The number of rotatable bonds is 7. The van der Waals surface area contributed by atoms with Crippen LogP contribution in [0.4, 0.5) is 0 Å². The van der Waals surface area contributed by atoms with Crippen LogP contribution in [0.25, 0.3) is 0 Å². The van der Waals surface area contributed by atoms with Gasteiger partial charge in [0.1, 0.15) is 11.5 Å². The van der Waals surface area contributed by atoms with Crippen molar-refractivity contribution in [1.82, 2.24) is 10.6 Å². The van der Waals surface area contributed by atoms with Gasteiger partial charge in [-0.15, -0.1) is 0 Å². The zero-order valence-corrected chi connectivity index (χ0v) is 18.0.